The van der Waals surface area contributed by atoms with Crippen molar-refractivity contribution in [3.05, 3.63) is 46.8 Å². The highest BCUT2D eigenvalue weighted by Crippen LogP contribution is 2.26. The summed E-state index contributed by atoms with van der Waals surface area (Å²) >= 11 is 1.53. The zero-order valence-electron chi connectivity index (χ0n) is 7.81. The number of carbonyl (C=O) groups excluding carboxylic acids is 1. The Bertz CT molecular complexity index is 519. The van der Waals surface area contributed by atoms with E-state index in [-0.39, 0.29) is 0 Å². The lowest BCUT2D eigenvalue weighted by Crippen LogP contribution is -1.75. The van der Waals surface area contributed by atoms with Gasteiger partial charge < -0.3 is 0 Å². The minimum atomic E-state index is 0.644. The molecule has 2 aromatic rings. The summed E-state index contributed by atoms with van der Waals surface area (Å²) in [6.45, 7) is 0. The van der Waals surface area contributed by atoms with E-state index in [0.717, 1.165) is 16.7 Å². The molecule has 2 rings (SSSR count). The van der Waals surface area contributed by atoms with Crippen LogP contribution in [0.25, 0.3) is 10.4 Å². The van der Waals surface area contributed by atoms with Crippen LogP contribution in [-0.2, 0) is 0 Å². The van der Waals surface area contributed by atoms with Gasteiger partial charge >= 0.3 is 0 Å². The third kappa shape index (κ3) is 1.95. The van der Waals surface area contributed by atoms with Crippen LogP contribution in [0, 0.1) is 11.3 Å². The first-order valence-corrected chi connectivity index (χ1v) is 5.25. The minimum absolute atomic E-state index is 0.644. The number of thiophene rings is 1. The molecule has 1 heterocycles. The molecule has 0 saturated carbocycles. The number of hydrogen-bond acceptors (Lipinski definition) is 3. The monoisotopic (exact) mass is 213 g/mol. The van der Waals surface area contributed by atoms with Crippen molar-refractivity contribution in [2.75, 3.05) is 0 Å². The molecule has 0 saturated heterocycles. The second-order valence-electron chi connectivity index (χ2n) is 3.05. The summed E-state index contributed by atoms with van der Waals surface area (Å²) in [6.07, 6.45) is 0.837. The molecule has 0 fully saturated rings. The van der Waals surface area contributed by atoms with Crippen molar-refractivity contribution < 1.29 is 4.79 Å². The standard InChI is InChI=1S/C12H7NOS/c13-6-9-1-3-11(4-2-9)12-5-10(7-14)8-15-12/h1-5,7-8H. The van der Waals surface area contributed by atoms with Crippen LogP contribution < -0.4 is 0 Å². The summed E-state index contributed by atoms with van der Waals surface area (Å²) in [4.78, 5) is 11.6. The number of nitrogens with zero attached hydrogens (tertiary/aromatic N) is 1. The largest absolute Gasteiger partial charge is 0.298 e. The van der Waals surface area contributed by atoms with Crippen LogP contribution in [0.3, 0.4) is 0 Å². The molecule has 0 amide bonds. The predicted molar refractivity (Wildman–Crippen MR) is 59.9 cm³/mol. The van der Waals surface area contributed by atoms with Crippen LogP contribution in [0.1, 0.15) is 15.9 Å². The number of aldehydes is 1. The second kappa shape index (κ2) is 4.07. The Balaban J connectivity index is 2.37. The molecule has 0 aliphatic heterocycles. The molecule has 0 aliphatic carbocycles. The molecule has 0 bridgehead atoms. The van der Waals surface area contributed by atoms with Gasteiger partial charge in [-0.05, 0) is 23.8 Å². The highest BCUT2D eigenvalue weighted by molar-refractivity contribution is 7.13. The van der Waals surface area contributed by atoms with Gasteiger partial charge in [-0.3, -0.25) is 4.79 Å². The van der Waals surface area contributed by atoms with Crippen molar-refractivity contribution in [2.24, 2.45) is 0 Å². The fraction of sp³-hybridized carbons (Fsp3) is 0. The van der Waals surface area contributed by atoms with Gasteiger partial charge in [0.05, 0.1) is 11.6 Å². The van der Waals surface area contributed by atoms with Gasteiger partial charge in [0.15, 0.2) is 6.29 Å². The lowest BCUT2D eigenvalue weighted by atomic mass is 10.1. The molecule has 0 spiro atoms. The van der Waals surface area contributed by atoms with Crippen molar-refractivity contribution in [3.8, 4) is 16.5 Å². The summed E-state index contributed by atoms with van der Waals surface area (Å²) in [5.74, 6) is 0. The summed E-state index contributed by atoms with van der Waals surface area (Å²) in [7, 11) is 0. The number of benzene rings is 1. The van der Waals surface area contributed by atoms with E-state index >= 15 is 0 Å². The first-order chi connectivity index (χ1) is 7.33. The number of nitriles is 1. The SMILES string of the molecule is N#Cc1ccc(-c2cc(C=O)cs2)cc1. The zero-order valence-corrected chi connectivity index (χ0v) is 8.62. The number of carbonyl (C=O) groups is 1. The van der Waals surface area contributed by atoms with E-state index in [4.69, 9.17) is 5.26 Å². The van der Waals surface area contributed by atoms with Crippen LogP contribution in [0.5, 0.6) is 0 Å². The maximum atomic E-state index is 10.5. The van der Waals surface area contributed by atoms with E-state index < -0.39 is 0 Å². The average Bonchev–Trinajstić information content (AvgIpc) is 2.78. The average molecular weight is 213 g/mol. The van der Waals surface area contributed by atoms with Crippen LogP contribution in [0.15, 0.2) is 35.7 Å². The lowest BCUT2D eigenvalue weighted by Gasteiger charge is -1.95. The molecule has 72 valence electrons. The van der Waals surface area contributed by atoms with Crippen LogP contribution >= 0.6 is 11.3 Å². The van der Waals surface area contributed by atoms with E-state index in [1.54, 1.807) is 12.1 Å². The molecular formula is C12H7NOS. The summed E-state index contributed by atoms with van der Waals surface area (Å²) in [5.41, 5.74) is 2.37. The van der Waals surface area contributed by atoms with Crippen molar-refractivity contribution in [3.63, 3.8) is 0 Å². The third-order valence-electron chi connectivity index (χ3n) is 2.05. The van der Waals surface area contributed by atoms with E-state index in [2.05, 4.69) is 6.07 Å². The van der Waals surface area contributed by atoms with Gasteiger partial charge in [-0.1, -0.05) is 12.1 Å². The van der Waals surface area contributed by atoms with Gasteiger partial charge in [-0.25, -0.2) is 0 Å². The molecule has 15 heavy (non-hydrogen) atoms. The van der Waals surface area contributed by atoms with Crippen molar-refractivity contribution in [2.45, 2.75) is 0 Å². The van der Waals surface area contributed by atoms with Gasteiger partial charge in [0, 0.05) is 15.8 Å². The smallest absolute Gasteiger partial charge is 0.150 e. The van der Waals surface area contributed by atoms with Crippen molar-refractivity contribution in [1.82, 2.24) is 0 Å². The normalized spacial score (nSPS) is 9.53. The first kappa shape index (κ1) is 9.63. The molecule has 3 heteroatoms. The highest BCUT2D eigenvalue weighted by Gasteiger charge is 2.01. The van der Waals surface area contributed by atoms with E-state index in [1.165, 1.54) is 11.3 Å². The van der Waals surface area contributed by atoms with Crippen LogP contribution in [-0.4, -0.2) is 6.29 Å². The molecule has 0 radical (unpaired) electrons. The van der Waals surface area contributed by atoms with E-state index in [1.807, 2.05) is 23.6 Å². The Morgan fingerprint density at radius 1 is 1.27 bits per heavy atom. The predicted octanol–water partition coefficient (Wildman–Crippen LogP) is 3.10. The van der Waals surface area contributed by atoms with Gasteiger partial charge in [-0.2, -0.15) is 5.26 Å². The maximum absolute atomic E-state index is 10.5. The molecule has 0 atom stereocenters. The van der Waals surface area contributed by atoms with Gasteiger partial charge in [0.25, 0.3) is 0 Å². The van der Waals surface area contributed by atoms with Gasteiger partial charge in [0.1, 0.15) is 0 Å². The third-order valence-corrected chi connectivity index (χ3v) is 3.05. The van der Waals surface area contributed by atoms with Gasteiger partial charge in [0.2, 0.25) is 0 Å². The zero-order chi connectivity index (χ0) is 10.7. The Morgan fingerprint density at radius 3 is 2.53 bits per heavy atom. The highest BCUT2D eigenvalue weighted by atomic mass is 32.1. The second-order valence-corrected chi connectivity index (χ2v) is 3.96. The van der Waals surface area contributed by atoms with E-state index in [9.17, 15) is 4.79 Å². The number of hydrogen-bond donors (Lipinski definition) is 0. The van der Waals surface area contributed by atoms with Crippen molar-refractivity contribution >= 4 is 17.6 Å². The molecule has 2 nitrogen and oxygen atoms in total. The first-order valence-electron chi connectivity index (χ1n) is 4.38. The fourth-order valence-electron chi connectivity index (χ4n) is 1.27. The molecule has 1 aromatic heterocycles. The van der Waals surface area contributed by atoms with Crippen LogP contribution in [0.4, 0.5) is 0 Å². The Kier molecular flexibility index (Phi) is 2.61. The van der Waals surface area contributed by atoms with Gasteiger partial charge in [-0.15, -0.1) is 11.3 Å². The Labute approximate surface area is 91.4 Å². The molecule has 0 aliphatic rings. The summed E-state index contributed by atoms with van der Waals surface area (Å²) in [6, 6.07) is 11.2. The molecular weight excluding hydrogens is 206 g/mol. The summed E-state index contributed by atoms with van der Waals surface area (Å²) in [5, 5.41) is 10.5. The molecule has 1 aromatic carbocycles. The maximum Gasteiger partial charge on any atom is 0.150 e. The Hall–Kier alpha value is -1.92. The fourth-order valence-corrected chi connectivity index (χ4v) is 2.14. The lowest BCUT2D eigenvalue weighted by molar-refractivity contribution is 0.112. The molecule has 0 unspecified atom stereocenters. The number of rotatable bonds is 2. The minimum Gasteiger partial charge on any atom is -0.298 e. The molecule has 0 N–H and O–H groups in total. The van der Waals surface area contributed by atoms with E-state index in [0.29, 0.717) is 11.1 Å². The quantitative estimate of drug-likeness (QED) is 0.719. The van der Waals surface area contributed by atoms with Crippen LogP contribution in [0.2, 0.25) is 0 Å². The summed E-state index contributed by atoms with van der Waals surface area (Å²) < 4.78 is 0. The topological polar surface area (TPSA) is 40.9 Å². The Morgan fingerprint density at radius 2 is 2.00 bits per heavy atom. The van der Waals surface area contributed by atoms with Crippen molar-refractivity contribution in [1.29, 1.82) is 5.26 Å².